The minimum Gasteiger partial charge on any atom is -0.367 e. The minimum atomic E-state index is -1.05. The van der Waals surface area contributed by atoms with E-state index in [2.05, 4.69) is 13.8 Å². The van der Waals surface area contributed by atoms with Gasteiger partial charge in [-0.25, -0.2) is 8.78 Å². The van der Waals surface area contributed by atoms with E-state index in [1.807, 2.05) is 16.7 Å². The molecule has 0 unspecified atom stereocenters. The van der Waals surface area contributed by atoms with Crippen LogP contribution in [-0.4, -0.2) is 23.6 Å². The first-order valence-electron chi connectivity index (χ1n) is 5.71. The lowest BCUT2D eigenvalue weighted by atomic mass is 10.1. The third-order valence-electron chi connectivity index (χ3n) is 2.95. The maximum Gasteiger partial charge on any atom is 0.183 e. The van der Waals surface area contributed by atoms with Crippen LogP contribution in [0.2, 0.25) is 0 Å². The monoisotopic (exact) mass is 268 g/mol. The van der Waals surface area contributed by atoms with Crippen LogP contribution in [0.15, 0.2) is 12.1 Å². The standard InChI is InChI=1S/C13H14F2N2S/c1-13(2)8-17(5-6-18-13)10-4-3-9(7-16)11(14)12(10)15/h3-4H,5-6,8H2,1-2H3. The molecule has 1 heterocycles. The summed E-state index contributed by atoms with van der Waals surface area (Å²) in [5.41, 5.74) is 0.00164. The van der Waals surface area contributed by atoms with Crippen LogP contribution in [0.3, 0.4) is 0 Å². The number of nitriles is 1. The number of halogens is 2. The fourth-order valence-electron chi connectivity index (χ4n) is 2.09. The van der Waals surface area contributed by atoms with E-state index in [0.717, 1.165) is 5.75 Å². The Balaban J connectivity index is 2.35. The van der Waals surface area contributed by atoms with Gasteiger partial charge in [0, 0.05) is 23.6 Å². The topological polar surface area (TPSA) is 27.0 Å². The lowest BCUT2D eigenvalue weighted by Gasteiger charge is -2.39. The SMILES string of the molecule is CC1(C)CN(c2ccc(C#N)c(F)c2F)CCS1. The molecule has 1 aromatic rings. The van der Waals surface area contributed by atoms with Crippen LogP contribution >= 0.6 is 11.8 Å². The molecule has 0 amide bonds. The Labute approximate surface area is 110 Å². The zero-order chi connectivity index (χ0) is 13.3. The van der Waals surface area contributed by atoms with E-state index in [1.54, 1.807) is 6.07 Å². The molecular weight excluding hydrogens is 254 g/mol. The number of nitrogens with zero attached hydrogens (tertiary/aromatic N) is 2. The molecule has 0 radical (unpaired) electrons. The Morgan fingerprint density at radius 1 is 1.33 bits per heavy atom. The Morgan fingerprint density at radius 2 is 2.06 bits per heavy atom. The molecule has 0 N–H and O–H groups in total. The van der Waals surface area contributed by atoms with Gasteiger partial charge in [0.05, 0.1) is 11.3 Å². The molecule has 0 saturated carbocycles. The Morgan fingerprint density at radius 3 is 2.67 bits per heavy atom. The average molecular weight is 268 g/mol. The molecular formula is C13H14F2N2S. The van der Waals surface area contributed by atoms with Crippen molar-refractivity contribution in [2.24, 2.45) is 0 Å². The Bertz CT molecular complexity index is 508. The highest BCUT2D eigenvalue weighted by Gasteiger charge is 2.29. The van der Waals surface area contributed by atoms with Crippen molar-refractivity contribution in [1.82, 2.24) is 0 Å². The van der Waals surface area contributed by atoms with E-state index in [4.69, 9.17) is 5.26 Å². The van der Waals surface area contributed by atoms with Gasteiger partial charge in [-0.15, -0.1) is 0 Å². The summed E-state index contributed by atoms with van der Waals surface area (Å²) in [6.07, 6.45) is 0. The van der Waals surface area contributed by atoms with Gasteiger partial charge in [-0.3, -0.25) is 0 Å². The zero-order valence-corrected chi connectivity index (χ0v) is 11.2. The molecule has 5 heteroatoms. The number of rotatable bonds is 1. The number of thioether (sulfide) groups is 1. The molecule has 2 nitrogen and oxygen atoms in total. The van der Waals surface area contributed by atoms with Crippen LogP contribution < -0.4 is 4.90 Å². The number of hydrogen-bond acceptors (Lipinski definition) is 3. The van der Waals surface area contributed by atoms with Crippen LogP contribution in [0.4, 0.5) is 14.5 Å². The molecule has 0 aromatic heterocycles. The molecule has 1 aliphatic rings. The van der Waals surface area contributed by atoms with Gasteiger partial charge in [-0.05, 0) is 26.0 Å². The zero-order valence-electron chi connectivity index (χ0n) is 10.3. The lowest BCUT2D eigenvalue weighted by Crippen LogP contribution is -2.43. The van der Waals surface area contributed by atoms with E-state index < -0.39 is 11.6 Å². The third kappa shape index (κ3) is 2.44. The van der Waals surface area contributed by atoms with Crippen LogP contribution in [0.5, 0.6) is 0 Å². The van der Waals surface area contributed by atoms with Gasteiger partial charge in [0.1, 0.15) is 6.07 Å². The molecule has 18 heavy (non-hydrogen) atoms. The lowest BCUT2D eigenvalue weighted by molar-refractivity contribution is 0.501. The molecule has 2 rings (SSSR count). The van der Waals surface area contributed by atoms with E-state index in [9.17, 15) is 8.78 Å². The van der Waals surface area contributed by atoms with Gasteiger partial charge in [0.25, 0.3) is 0 Å². The number of hydrogen-bond donors (Lipinski definition) is 0. The summed E-state index contributed by atoms with van der Waals surface area (Å²) in [4.78, 5) is 1.84. The molecule has 1 aliphatic heterocycles. The first kappa shape index (κ1) is 13.2. The predicted octanol–water partition coefficient (Wildman–Crippen LogP) is 3.17. The van der Waals surface area contributed by atoms with Crippen LogP contribution in [-0.2, 0) is 0 Å². The van der Waals surface area contributed by atoms with E-state index >= 15 is 0 Å². The molecule has 1 saturated heterocycles. The fraction of sp³-hybridized carbons (Fsp3) is 0.462. The van der Waals surface area contributed by atoms with Gasteiger partial charge < -0.3 is 4.90 Å². The molecule has 0 atom stereocenters. The van der Waals surface area contributed by atoms with Crippen molar-refractivity contribution < 1.29 is 8.78 Å². The first-order valence-corrected chi connectivity index (χ1v) is 6.70. The van der Waals surface area contributed by atoms with Crippen LogP contribution in [0.25, 0.3) is 0 Å². The average Bonchev–Trinajstić information content (AvgIpc) is 2.31. The van der Waals surface area contributed by atoms with Crippen molar-refractivity contribution in [2.75, 3.05) is 23.7 Å². The Kier molecular flexibility index (Phi) is 3.49. The molecule has 0 bridgehead atoms. The smallest absolute Gasteiger partial charge is 0.183 e. The van der Waals surface area contributed by atoms with Gasteiger partial charge >= 0.3 is 0 Å². The summed E-state index contributed by atoms with van der Waals surface area (Å²) in [7, 11) is 0. The van der Waals surface area contributed by atoms with Crippen LogP contribution in [0.1, 0.15) is 19.4 Å². The second-order valence-electron chi connectivity index (χ2n) is 4.90. The summed E-state index contributed by atoms with van der Waals surface area (Å²) in [6.45, 7) is 5.53. The largest absolute Gasteiger partial charge is 0.367 e. The summed E-state index contributed by atoms with van der Waals surface area (Å²) in [5, 5.41) is 8.65. The second-order valence-corrected chi connectivity index (χ2v) is 6.70. The highest BCUT2D eigenvalue weighted by atomic mass is 32.2. The van der Waals surface area contributed by atoms with Crippen molar-refractivity contribution in [3.05, 3.63) is 29.3 Å². The van der Waals surface area contributed by atoms with E-state index in [0.29, 0.717) is 13.1 Å². The number of anilines is 1. The quantitative estimate of drug-likeness (QED) is 0.783. The molecule has 1 aromatic carbocycles. The van der Waals surface area contributed by atoms with Gasteiger partial charge in [-0.1, -0.05) is 0 Å². The van der Waals surface area contributed by atoms with Gasteiger partial charge in [0.2, 0.25) is 0 Å². The molecule has 0 aliphatic carbocycles. The fourth-order valence-corrected chi connectivity index (χ4v) is 3.20. The minimum absolute atomic E-state index is 0.0229. The highest BCUT2D eigenvalue weighted by molar-refractivity contribution is 8.00. The highest BCUT2D eigenvalue weighted by Crippen LogP contribution is 2.34. The first-order chi connectivity index (χ1) is 8.44. The second kappa shape index (κ2) is 4.77. The summed E-state index contributed by atoms with van der Waals surface area (Å²) in [5.74, 6) is -1.09. The molecule has 96 valence electrons. The van der Waals surface area contributed by atoms with Crippen molar-refractivity contribution in [3.8, 4) is 6.07 Å². The van der Waals surface area contributed by atoms with Gasteiger partial charge in [0.15, 0.2) is 11.6 Å². The third-order valence-corrected chi connectivity index (χ3v) is 4.25. The van der Waals surface area contributed by atoms with E-state index in [1.165, 1.54) is 12.1 Å². The predicted molar refractivity (Wildman–Crippen MR) is 69.8 cm³/mol. The van der Waals surface area contributed by atoms with Gasteiger partial charge in [-0.2, -0.15) is 17.0 Å². The normalized spacial score (nSPS) is 18.5. The summed E-state index contributed by atoms with van der Waals surface area (Å²) in [6, 6.07) is 4.47. The number of benzene rings is 1. The Hall–Kier alpha value is -1.28. The van der Waals surface area contributed by atoms with Crippen LogP contribution in [0, 0.1) is 23.0 Å². The maximum absolute atomic E-state index is 13.9. The molecule has 1 fully saturated rings. The van der Waals surface area contributed by atoms with E-state index in [-0.39, 0.29) is 16.0 Å². The maximum atomic E-state index is 13.9. The van der Waals surface area contributed by atoms with Crippen molar-refractivity contribution in [3.63, 3.8) is 0 Å². The van der Waals surface area contributed by atoms with Crippen molar-refractivity contribution in [1.29, 1.82) is 5.26 Å². The summed E-state index contributed by atoms with van der Waals surface area (Å²) < 4.78 is 27.5. The van der Waals surface area contributed by atoms with Crippen molar-refractivity contribution in [2.45, 2.75) is 18.6 Å². The summed E-state index contributed by atoms with van der Waals surface area (Å²) >= 11 is 1.83. The molecule has 0 spiro atoms. The van der Waals surface area contributed by atoms with Crippen molar-refractivity contribution >= 4 is 17.4 Å².